The van der Waals surface area contributed by atoms with Gasteiger partial charge >= 0.3 is 0 Å². The maximum absolute atomic E-state index is 13.2. The molecule has 0 aliphatic carbocycles. The van der Waals surface area contributed by atoms with Gasteiger partial charge in [-0.25, -0.2) is 13.4 Å². The Morgan fingerprint density at radius 3 is 2.45 bits per heavy atom. The van der Waals surface area contributed by atoms with Gasteiger partial charge < -0.3 is 20.1 Å². The number of amides is 1. The summed E-state index contributed by atoms with van der Waals surface area (Å²) in [5.74, 6) is 0.892. The fourth-order valence-corrected chi connectivity index (χ4v) is 7.36. The number of piperidine rings is 1. The Kier molecular flexibility index (Phi) is 8.01. The highest BCUT2D eigenvalue weighted by Gasteiger charge is 2.31. The summed E-state index contributed by atoms with van der Waals surface area (Å²) in [4.78, 5) is 24.3. The highest BCUT2D eigenvalue weighted by atomic mass is 35.5. The van der Waals surface area contributed by atoms with E-state index >= 15 is 0 Å². The number of carbonyl (C=O) groups is 1. The van der Waals surface area contributed by atoms with Gasteiger partial charge in [-0.2, -0.15) is 0 Å². The van der Waals surface area contributed by atoms with Crippen molar-refractivity contribution in [2.75, 3.05) is 51.8 Å². The lowest BCUT2D eigenvalue weighted by Crippen LogP contribution is -2.54. The Hall–Kier alpha value is -3.38. The molecule has 3 aliphatic heterocycles. The number of sulfone groups is 1. The van der Waals surface area contributed by atoms with Crippen molar-refractivity contribution in [3.05, 3.63) is 70.9 Å². The van der Waals surface area contributed by atoms with Crippen molar-refractivity contribution in [3.63, 3.8) is 0 Å². The molecule has 2 saturated heterocycles. The number of fused-ring (bicyclic) bond motifs is 1. The molecule has 4 heterocycles. The van der Waals surface area contributed by atoms with Crippen LogP contribution in [0.3, 0.4) is 0 Å². The van der Waals surface area contributed by atoms with Gasteiger partial charge in [0.25, 0.3) is 5.91 Å². The van der Waals surface area contributed by atoms with Gasteiger partial charge in [0.05, 0.1) is 21.2 Å². The van der Waals surface area contributed by atoms with Crippen LogP contribution in [0, 0.1) is 0 Å². The summed E-state index contributed by atoms with van der Waals surface area (Å²) in [6.45, 7) is 7.28. The first-order chi connectivity index (χ1) is 20.2. The van der Waals surface area contributed by atoms with E-state index in [9.17, 15) is 13.2 Å². The summed E-state index contributed by atoms with van der Waals surface area (Å²) >= 11 is 6.12. The molecule has 10 nitrogen and oxygen atoms in total. The quantitative estimate of drug-likeness (QED) is 0.415. The molecule has 0 unspecified atom stereocenters. The summed E-state index contributed by atoms with van der Waals surface area (Å²) < 4.78 is 36.9. The molecule has 0 bridgehead atoms. The summed E-state index contributed by atoms with van der Waals surface area (Å²) in [6.07, 6.45) is 3.51. The SMILES string of the molecule is C[C@@H](c1ccc(S(=O)(=O)c2ccc3c(c2)OCO3)nc1)N1CCN(C2CCN(C(=O)c3cccc(Cl)c3N)CC2)CC1. The van der Waals surface area contributed by atoms with Crippen molar-refractivity contribution in [2.24, 2.45) is 0 Å². The molecule has 222 valence electrons. The second kappa shape index (κ2) is 11.7. The number of para-hydroxylation sites is 1. The van der Waals surface area contributed by atoms with E-state index in [2.05, 4.69) is 21.7 Å². The summed E-state index contributed by atoms with van der Waals surface area (Å²) in [5.41, 5.74) is 7.83. The molecule has 2 aromatic carbocycles. The minimum absolute atomic E-state index is 0.00464. The topological polar surface area (TPSA) is 118 Å². The van der Waals surface area contributed by atoms with E-state index in [-0.39, 0.29) is 28.7 Å². The molecule has 0 saturated carbocycles. The van der Waals surface area contributed by atoms with E-state index in [0.717, 1.165) is 44.6 Å². The van der Waals surface area contributed by atoms with Crippen LogP contribution in [0.5, 0.6) is 11.5 Å². The van der Waals surface area contributed by atoms with E-state index in [4.69, 9.17) is 26.8 Å². The van der Waals surface area contributed by atoms with Gasteiger partial charge in [-0.05, 0) is 55.7 Å². The van der Waals surface area contributed by atoms with Crippen molar-refractivity contribution < 1.29 is 22.7 Å². The molecule has 6 rings (SSSR count). The van der Waals surface area contributed by atoms with E-state index in [1.54, 1.807) is 36.5 Å². The number of hydrogen-bond acceptors (Lipinski definition) is 9. The van der Waals surface area contributed by atoms with Crippen molar-refractivity contribution in [2.45, 2.75) is 41.8 Å². The van der Waals surface area contributed by atoms with Gasteiger partial charge in [-0.15, -0.1) is 0 Å². The van der Waals surface area contributed by atoms with Crippen LogP contribution >= 0.6 is 11.6 Å². The minimum atomic E-state index is -3.78. The van der Waals surface area contributed by atoms with E-state index in [1.165, 1.54) is 12.1 Å². The highest BCUT2D eigenvalue weighted by Crippen LogP contribution is 2.35. The maximum atomic E-state index is 13.2. The first kappa shape index (κ1) is 28.7. The molecule has 3 aliphatic rings. The molecule has 3 aromatic rings. The number of benzene rings is 2. The van der Waals surface area contributed by atoms with Crippen LogP contribution in [0.1, 0.15) is 41.7 Å². The molecular weight excluding hydrogens is 578 g/mol. The minimum Gasteiger partial charge on any atom is -0.454 e. The molecule has 0 radical (unpaired) electrons. The number of carbonyl (C=O) groups excluding carboxylic acids is 1. The normalized spacial score (nSPS) is 19.1. The second-order valence-corrected chi connectivity index (χ2v) is 13.2. The Balaban J connectivity index is 1.02. The van der Waals surface area contributed by atoms with Crippen LogP contribution < -0.4 is 15.2 Å². The molecule has 2 N–H and O–H groups in total. The fourth-order valence-electron chi connectivity index (χ4n) is 5.99. The van der Waals surface area contributed by atoms with E-state index in [1.807, 2.05) is 11.0 Å². The standard InChI is InChI=1S/C30H34ClN5O5S/c1-20(21-5-8-28(33-18-21)42(38,39)23-6-7-26-27(17-23)41-19-40-26)34-13-15-35(16-14-34)22-9-11-36(12-10-22)30(37)24-3-2-4-25(31)29(24)32/h2-8,17-18,20,22H,9-16,19,32H2,1H3/t20-/m0/s1. The lowest BCUT2D eigenvalue weighted by Gasteiger charge is -2.44. The monoisotopic (exact) mass is 611 g/mol. The molecule has 1 atom stereocenters. The third-order valence-corrected chi connectivity index (χ3v) is 10.6. The molecule has 1 amide bonds. The maximum Gasteiger partial charge on any atom is 0.255 e. The van der Waals surface area contributed by atoms with Gasteiger partial charge in [-0.1, -0.05) is 23.7 Å². The zero-order valence-electron chi connectivity index (χ0n) is 23.4. The smallest absolute Gasteiger partial charge is 0.255 e. The number of rotatable bonds is 6. The lowest BCUT2D eigenvalue weighted by atomic mass is 10.0. The van der Waals surface area contributed by atoms with Crippen molar-refractivity contribution in [1.82, 2.24) is 19.7 Å². The number of nitrogens with zero attached hydrogens (tertiary/aromatic N) is 4. The number of likely N-dealkylation sites (tertiary alicyclic amines) is 1. The number of halogens is 1. The van der Waals surface area contributed by atoms with Crippen LogP contribution in [0.2, 0.25) is 5.02 Å². The first-order valence-electron chi connectivity index (χ1n) is 14.1. The van der Waals surface area contributed by atoms with Crippen molar-refractivity contribution in [1.29, 1.82) is 0 Å². The summed E-state index contributed by atoms with van der Waals surface area (Å²) in [7, 11) is -3.78. The van der Waals surface area contributed by atoms with Crippen LogP contribution in [-0.2, 0) is 9.84 Å². The molecule has 0 spiro atoms. The zero-order chi connectivity index (χ0) is 29.4. The number of anilines is 1. The zero-order valence-corrected chi connectivity index (χ0v) is 25.0. The molecule has 2 fully saturated rings. The van der Waals surface area contributed by atoms with Crippen LogP contribution in [0.25, 0.3) is 0 Å². The Bertz CT molecular complexity index is 1570. The van der Waals surface area contributed by atoms with Gasteiger partial charge in [0.15, 0.2) is 16.5 Å². The molecule has 1 aromatic heterocycles. The Morgan fingerprint density at radius 2 is 1.74 bits per heavy atom. The van der Waals surface area contributed by atoms with E-state index < -0.39 is 9.84 Å². The van der Waals surface area contributed by atoms with Crippen molar-refractivity contribution >= 4 is 33.0 Å². The number of hydrogen-bond donors (Lipinski definition) is 1. The lowest BCUT2D eigenvalue weighted by molar-refractivity contribution is 0.0400. The van der Waals surface area contributed by atoms with Crippen LogP contribution in [0.4, 0.5) is 5.69 Å². The average Bonchev–Trinajstić information content (AvgIpc) is 3.50. The number of aromatic nitrogens is 1. The summed E-state index contributed by atoms with van der Waals surface area (Å²) in [6, 6.07) is 13.7. The largest absolute Gasteiger partial charge is 0.454 e. The number of nitrogens with two attached hydrogens (primary N) is 1. The third kappa shape index (κ3) is 5.54. The van der Waals surface area contributed by atoms with Gasteiger partial charge in [0.1, 0.15) is 0 Å². The Morgan fingerprint density at radius 1 is 1.00 bits per heavy atom. The number of nitrogen functional groups attached to an aromatic ring is 1. The Labute approximate surface area is 250 Å². The average molecular weight is 612 g/mol. The number of ether oxygens (including phenoxy) is 2. The van der Waals surface area contributed by atoms with Gasteiger partial charge in [0, 0.05) is 63.6 Å². The molecule has 42 heavy (non-hydrogen) atoms. The van der Waals surface area contributed by atoms with E-state index in [0.29, 0.717) is 46.9 Å². The van der Waals surface area contributed by atoms with Crippen LogP contribution in [0.15, 0.2) is 64.6 Å². The summed E-state index contributed by atoms with van der Waals surface area (Å²) in [5, 5.41) is 0.408. The molecule has 12 heteroatoms. The predicted octanol–water partition coefficient (Wildman–Crippen LogP) is 3.86. The van der Waals surface area contributed by atoms with Gasteiger partial charge in [0.2, 0.25) is 16.6 Å². The number of pyridine rings is 1. The van der Waals surface area contributed by atoms with Crippen molar-refractivity contribution in [3.8, 4) is 11.5 Å². The highest BCUT2D eigenvalue weighted by molar-refractivity contribution is 7.91. The van der Waals surface area contributed by atoms with Crippen LogP contribution in [-0.4, -0.2) is 86.1 Å². The number of piperazine rings is 1. The fraction of sp³-hybridized carbons (Fsp3) is 0.400. The molecular formula is C30H34ClN5O5S. The predicted molar refractivity (Wildman–Crippen MR) is 159 cm³/mol. The van der Waals surface area contributed by atoms with Gasteiger partial charge in [-0.3, -0.25) is 14.6 Å². The first-order valence-corrected chi connectivity index (χ1v) is 16.0. The third-order valence-electron chi connectivity index (χ3n) is 8.62. The second-order valence-electron chi connectivity index (χ2n) is 10.9.